The Morgan fingerprint density at radius 1 is 0.556 bits per heavy atom. The summed E-state index contributed by atoms with van der Waals surface area (Å²) in [4.78, 5) is 25.4. The van der Waals surface area contributed by atoms with Crippen molar-refractivity contribution in [2.75, 3.05) is 0 Å². The number of Topliss-reactive ketones (excluding diaryl/α,β-unsaturated/α-hetero) is 2. The van der Waals surface area contributed by atoms with E-state index in [9.17, 15) is 9.59 Å². The molecule has 0 aromatic carbocycles. The largest absolute Gasteiger partial charge is 0.299 e. The van der Waals surface area contributed by atoms with Gasteiger partial charge in [0.15, 0.2) is 0 Å². The van der Waals surface area contributed by atoms with Gasteiger partial charge in [0, 0.05) is 23.7 Å². The average Bonchev–Trinajstić information content (AvgIpc) is 2.98. The molecule has 18 heavy (non-hydrogen) atoms. The lowest BCUT2D eigenvalue weighted by Crippen LogP contribution is -2.47. The van der Waals surface area contributed by atoms with Crippen molar-refractivity contribution in [2.45, 2.75) is 0 Å². The minimum absolute atomic E-state index is 0.184. The second kappa shape index (κ2) is 1.97. The van der Waals surface area contributed by atoms with Crippen LogP contribution in [-0.2, 0) is 9.59 Å². The Kier molecular flexibility index (Phi) is 0.908. The van der Waals surface area contributed by atoms with Crippen molar-refractivity contribution >= 4 is 11.6 Å². The van der Waals surface area contributed by atoms with Crippen LogP contribution in [0, 0.1) is 71.0 Å². The second-order valence-corrected chi connectivity index (χ2v) is 7.91. The summed E-state index contributed by atoms with van der Waals surface area (Å²) >= 11 is 0. The van der Waals surface area contributed by atoms with Gasteiger partial charge in [0.2, 0.25) is 0 Å². The van der Waals surface area contributed by atoms with Gasteiger partial charge >= 0.3 is 0 Å². The first kappa shape index (κ1) is 8.29. The molecule has 0 aliphatic heterocycles. The zero-order chi connectivity index (χ0) is 11.5. The van der Waals surface area contributed by atoms with E-state index in [-0.39, 0.29) is 11.8 Å². The first-order chi connectivity index (χ1) is 8.80. The molecule has 0 saturated heterocycles. The smallest absolute Gasteiger partial charge is 0.140 e. The Morgan fingerprint density at radius 3 is 1.50 bits per heavy atom. The van der Waals surface area contributed by atoms with Crippen molar-refractivity contribution in [2.24, 2.45) is 71.0 Å². The fourth-order valence-corrected chi connectivity index (χ4v) is 8.50. The van der Waals surface area contributed by atoms with Gasteiger partial charge in [-0.1, -0.05) is 12.2 Å². The van der Waals surface area contributed by atoms with Crippen LogP contribution in [0.15, 0.2) is 12.2 Å². The molecular formula is C16H14O2. The molecule has 0 radical (unpaired) electrons. The van der Waals surface area contributed by atoms with Crippen LogP contribution in [0.25, 0.3) is 0 Å². The lowest BCUT2D eigenvalue weighted by atomic mass is 9.59. The summed E-state index contributed by atoms with van der Waals surface area (Å²) in [5.41, 5.74) is 0. The first-order valence-corrected chi connectivity index (χ1v) is 7.56. The molecule has 6 fully saturated rings. The van der Waals surface area contributed by atoms with Gasteiger partial charge in [0.05, 0.1) is 0 Å². The number of allylic oxidation sites excluding steroid dienone is 2. The van der Waals surface area contributed by atoms with E-state index >= 15 is 0 Å². The number of hydrogen-bond donors (Lipinski definition) is 0. The van der Waals surface area contributed by atoms with Gasteiger partial charge in [0.1, 0.15) is 11.6 Å². The summed E-state index contributed by atoms with van der Waals surface area (Å²) in [5.74, 6) is 7.25. The van der Waals surface area contributed by atoms with Gasteiger partial charge in [-0.05, 0) is 47.3 Å². The molecule has 0 amide bonds. The van der Waals surface area contributed by atoms with E-state index in [1.165, 1.54) is 0 Å². The molecule has 0 N–H and O–H groups in total. The van der Waals surface area contributed by atoms with Crippen LogP contribution in [0.3, 0.4) is 0 Å². The highest BCUT2D eigenvalue weighted by Gasteiger charge is 2.86. The van der Waals surface area contributed by atoms with Crippen LogP contribution in [0.2, 0.25) is 0 Å². The predicted molar refractivity (Wildman–Crippen MR) is 61.0 cm³/mol. The molecule has 6 saturated carbocycles. The van der Waals surface area contributed by atoms with Crippen molar-refractivity contribution in [3.8, 4) is 0 Å². The van der Waals surface area contributed by atoms with E-state index in [2.05, 4.69) is 12.2 Å². The van der Waals surface area contributed by atoms with Gasteiger partial charge in [-0.2, -0.15) is 0 Å². The molecule has 0 heterocycles. The normalized spacial score (nSPS) is 78.0. The molecule has 7 aliphatic carbocycles. The van der Waals surface area contributed by atoms with Crippen molar-refractivity contribution in [3.63, 3.8) is 0 Å². The predicted octanol–water partition coefficient (Wildman–Crippen LogP) is 1.17. The van der Waals surface area contributed by atoms with Crippen LogP contribution >= 0.6 is 0 Å². The van der Waals surface area contributed by atoms with Crippen molar-refractivity contribution in [3.05, 3.63) is 12.2 Å². The monoisotopic (exact) mass is 238 g/mol. The number of ketones is 2. The van der Waals surface area contributed by atoms with E-state index in [0.29, 0.717) is 64.8 Å². The molecule has 2 heteroatoms. The second-order valence-electron chi connectivity index (χ2n) is 7.91. The number of fused-ring (bicyclic) bond motifs is 3. The molecule has 12 atom stereocenters. The van der Waals surface area contributed by atoms with E-state index < -0.39 is 0 Å². The van der Waals surface area contributed by atoms with Crippen molar-refractivity contribution < 1.29 is 9.59 Å². The molecule has 0 aromatic heterocycles. The summed E-state index contributed by atoms with van der Waals surface area (Å²) in [6.07, 6.45) is 4.65. The van der Waals surface area contributed by atoms with Gasteiger partial charge in [-0.15, -0.1) is 0 Å². The molecular weight excluding hydrogens is 224 g/mol. The van der Waals surface area contributed by atoms with E-state index in [1.54, 1.807) is 0 Å². The van der Waals surface area contributed by atoms with Gasteiger partial charge < -0.3 is 0 Å². The Labute approximate surface area is 105 Å². The highest BCUT2D eigenvalue weighted by atomic mass is 16.1. The third-order valence-electron chi connectivity index (χ3n) is 8.30. The molecule has 2 unspecified atom stereocenters. The maximum absolute atomic E-state index is 12.7. The zero-order valence-electron chi connectivity index (χ0n) is 9.90. The topological polar surface area (TPSA) is 34.1 Å². The minimum Gasteiger partial charge on any atom is -0.299 e. The average molecular weight is 238 g/mol. The van der Waals surface area contributed by atoms with Crippen LogP contribution in [-0.4, -0.2) is 11.6 Å². The minimum atomic E-state index is 0.184. The van der Waals surface area contributed by atoms with Crippen molar-refractivity contribution in [1.82, 2.24) is 0 Å². The fourth-order valence-electron chi connectivity index (χ4n) is 8.50. The van der Waals surface area contributed by atoms with Crippen molar-refractivity contribution in [1.29, 1.82) is 0 Å². The van der Waals surface area contributed by atoms with Gasteiger partial charge in [-0.25, -0.2) is 0 Å². The quantitative estimate of drug-likeness (QED) is 0.594. The molecule has 90 valence electrons. The maximum Gasteiger partial charge on any atom is 0.140 e. The third kappa shape index (κ3) is 0.466. The molecule has 0 spiro atoms. The zero-order valence-corrected chi connectivity index (χ0v) is 9.90. The summed E-state index contributed by atoms with van der Waals surface area (Å²) in [6, 6.07) is 0. The summed E-state index contributed by atoms with van der Waals surface area (Å²) in [7, 11) is 0. The van der Waals surface area contributed by atoms with Gasteiger partial charge in [-0.3, -0.25) is 9.59 Å². The van der Waals surface area contributed by atoms with E-state index in [4.69, 9.17) is 0 Å². The maximum atomic E-state index is 12.7. The number of carbonyl (C=O) groups is 2. The Morgan fingerprint density at radius 2 is 1.00 bits per heavy atom. The molecule has 0 bridgehead atoms. The standard InChI is InChI=1S/C16H14O2/c17-15-6-3-1-2-4-5(3)8-9(6)11-12-10(8)7(4)16(18)14(12)13(11)15/h1-14H/t3-,4+,5?,6-,7-,8?,9-,10+,11-,12-,13-,14+/m1/s1. The lowest BCUT2D eigenvalue weighted by molar-refractivity contribution is -0.141. The SMILES string of the molecule is O=C1[C@H]2[C@H]3C(=O)[C@H]4[C@H]5C6C7[C@@H](C=C[C@@H]74)[C@@H]1[C@H]6[C@@H]2[C@H]35. The van der Waals surface area contributed by atoms with Crippen LogP contribution in [0.1, 0.15) is 0 Å². The summed E-state index contributed by atoms with van der Waals surface area (Å²) in [6.45, 7) is 0. The fraction of sp³-hybridized carbons (Fsp3) is 0.750. The van der Waals surface area contributed by atoms with E-state index in [0.717, 1.165) is 5.92 Å². The number of rotatable bonds is 0. The highest BCUT2D eigenvalue weighted by molar-refractivity contribution is 6.00. The third-order valence-corrected chi connectivity index (χ3v) is 8.30. The highest BCUT2D eigenvalue weighted by Crippen LogP contribution is 2.85. The lowest BCUT2D eigenvalue weighted by Gasteiger charge is -2.42. The number of hydrogen-bond acceptors (Lipinski definition) is 2. The molecule has 7 aliphatic rings. The molecule has 0 aromatic rings. The van der Waals surface area contributed by atoms with Crippen LogP contribution in [0.4, 0.5) is 0 Å². The molecule has 7 rings (SSSR count). The Bertz CT molecular complexity index is 554. The van der Waals surface area contributed by atoms with Gasteiger partial charge in [0.25, 0.3) is 0 Å². The Balaban J connectivity index is 1.65. The van der Waals surface area contributed by atoms with Crippen LogP contribution < -0.4 is 0 Å². The number of carbonyl (C=O) groups excluding carboxylic acids is 2. The molecule has 2 nitrogen and oxygen atoms in total. The first-order valence-electron chi connectivity index (χ1n) is 7.56. The Hall–Kier alpha value is -0.920. The summed E-state index contributed by atoms with van der Waals surface area (Å²) < 4.78 is 0. The van der Waals surface area contributed by atoms with E-state index in [1.807, 2.05) is 0 Å². The van der Waals surface area contributed by atoms with Crippen LogP contribution in [0.5, 0.6) is 0 Å². The summed E-state index contributed by atoms with van der Waals surface area (Å²) in [5, 5.41) is 0.